The Morgan fingerprint density at radius 2 is 2.09 bits per heavy atom. The van der Waals surface area contributed by atoms with Crippen molar-refractivity contribution in [2.45, 2.75) is 51.0 Å². The number of nitrogens with one attached hydrogen (secondary N) is 1. The quantitative estimate of drug-likeness (QED) is 0.899. The third kappa shape index (κ3) is 4.14. The standard InChI is InChI=1S/C16H24N2O3S2/c1-23(20,21)17-11-13-7-4-5-9-18(13)16(19)15-10-12-6-2-3-8-14(12)22-15/h10,13,17H,2-9,11H2,1H3/t13-/m1/s1. The molecule has 1 amide bonds. The van der Waals surface area contributed by atoms with E-state index in [2.05, 4.69) is 10.8 Å². The summed E-state index contributed by atoms with van der Waals surface area (Å²) in [5.41, 5.74) is 1.34. The average Bonchev–Trinajstić information content (AvgIpc) is 2.96. The zero-order chi connectivity index (χ0) is 16.4. The summed E-state index contributed by atoms with van der Waals surface area (Å²) in [6.45, 7) is 1.03. The first-order valence-electron chi connectivity index (χ1n) is 8.31. The van der Waals surface area contributed by atoms with Crippen LogP contribution >= 0.6 is 11.3 Å². The van der Waals surface area contributed by atoms with E-state index in [-0.39, 0.29) is 11.9 Å². The van der Waals surface area contributed by atoms with Gasteiger partial charge in [-0.2, -0.15) is 0 Å². The first-order chi connectivity index (χ1) is 10.9. The van der Waals surface area contributed by atoms with Crippen LogP contribution in [0.5, 0.6) is 0 Å². The second-order valence-corrected chi connectivity index (χ2v) is 9.50. The highest BCUT2D eigenvalue weighted by Crippen LogP contribution is 2.31. The van der Waals surface area contributed by atoms with Crippen molar-refractivity contribution in [2.75, 3.05) is 19.3 Å². The molecule has 3 rings (SSSR count). The van der Waals surface area contributed by atoms with Gasteiger partial charge in [0.15, 0.2) is 0 Å². The van der Waals surface area contributed by atoms with Crippen LogP contribution in [0.1, 0.15) is 52.2 Å². The van der Waals surface area contributed by atoms with Gasteiger partial charge in [-0.3, -0.25) is 4.79 Å². The molecular formula is C16H24N2O3S2. The largest absolute Gasteiger partial charge is 0.334 e. The number of hydrogen-bond donors (Lipinski definition) is 1. The van der Waals surface area contributed by atoms with Gasteiger partial charge in [-0.1, -0.05) is 0 Å². The van der Waals surface area contributed by atoms with Crippen LogP contribution in [0.25, 0.3) is 0 Å². The molecule has 0 unspecified atom stereocenters. The fourth-order valence-corrected chi connectivity index (χ4v) is 5.17. The van der Waals surface area contributed by atoms with E-state index in [1.54, 1.807) is 11.3 Å². The topological polar surface area (TPSA) is 66.5 Å². The Morgan fingerprint density at radius 1 is 1.30 bits per heavy atom. The highest BCUT2D eigenvalue weighted by Gasteiger charge is 2.29. The normalized spacial score (nSPS) is 22.0. The van der Waals surface area contributed by atoms with E-state index in [1.165, 1.54) is 23.3 Å². The fraction of sp³-hybridized carbons (Fsp3) is 0.688. The minimum absolute atomic E-state index is 0.0369. The summed E-state index contributed by atoms with van der Waals surface area (Å²) in [5, 5.41) is 0. The molecule has 128 valence electrons. The summed E-state index contributed by atoms with van der Waals surface area (Å²) in [6.07, 6.45) is 8.65. The molecule has 1 N–H and O–H groups in total. The van der Waals surface area contributed by atoms with E-state index >= 15 is 0 Å². The third-order valence-electron chi connectivity index (χ3n) is 4.68. The first kappa shape index (κ1) is 16.9. The molecular weight excluding hydrogens is 332 g/mol. The second-order valence-electron chi connectivity index (χ2n) is 6.53. The molecule has 0 aromatic carbocycles. The lowest BCUT2D eigenvalue weighted by Crippen LogP contribution is -2.49. The van der Waals surface area contributed by atoms with Crippen molar-refractivity contribution in [3.05, 3.63) is 21.4 Å². The number of aryl methyl sites for hydroxylation is 2. The highest BCUT2D eigenvalue weighted by molar-refractivity contribution is 7.88. The lowest BCUT2D eigenvalue weighted by atomic mass is 9.99. The molecule has 5 nitrogen and oxygen atoms in total. The molecule has 0 saturated carbocycles. The molecule has 1 aromatic rings. The predicted octanol–water partition coefficient (Wildman–Crippen LogP) is 2.17. The SMILES string of the molecule is CS(=O)(=O)NC[C@H]1CCCCN1C(=O)c1cc2c(s1)CCCC2. The second kappa shape index (κ2) is 6.91. The lowest BCUT2D eigenvalue weighted by molar-refractivity contribution is 0.0624. The molecule has 1 aliphatic carbocycles. The number of thiophene rings is 1. The van der Waals surface area contributed by atoms with Crippen molar-refractivity contribution in [2.24, 2.45) is 0 Å². The maximum absolute atomic E-state index is 12.9. The number of carbonyl (C=O) groups is 1. The molecule has 2 heterocycles. The number of rotatable bonds is 4. The van der Waals surface area contributed by atoms with Crippen LogP contribution in [0.3, 0.4) is 0 Å². The van der Waals surface area contributed by atoms with Crippen molar-refractivity contribution in [1.29, 1.82) is 0 Å². The number of nitrogens with zero attached hydrogens (tertiary/aromatic N) is 1. The minimum atomic E-state index is -3.22. The number of hydrogen-bond acceptors (Lipinski definition) is 4. The lowest BCUT2D eigenvalue weighted by Gasteiger charge is -2.35. The van der Waals surface area contributed by atoms with Crippen LogP contribution in [0.4, 0.5) is 0 Å². The minimum Gasteiger partial charge on any atom is -0.334 e. The van der Waals surface area contributed by atoms with E-state index < -0.39 is 10.0 Å². The summed E-state index contributed by atoms with van der Waals surface area (Å²) < 4.78 is 25.2. The van der Waals surface area contributed by atoms with Crippen molar-refractivity contribution in [3.63, 3.8) is 0 Å². The molecule has 0 radical (unpaired) electrons. The zero-order valence-corrected chi connectivity index (χ0v) is 15.1. The van der Waals surface area contributed by atoms with E-state index in [0.717, 1.165) is 49.8 Å². The van der Waals surface area contributed by atoms with Gasteiger partial charge in [-0.25, -0.2) is 13.1 Å². The maximum Gasteiger partial charge on any atom is 0.264 e. The highest BCUT2D eigenvalue weighted by atomic mass is 32.2. The summed E-state index contributed by atoms with van der Waals surface area (Å²) in [6, 6.07) is 2.03. The van der Waals surface area contributed by atoms with Crippen molar-refractivity contribution in [3.8, 4) is 0 Å². The number of amides is 1. The predicted molar refractivity (Wildman–Crippen MR) is 92.5 cm³/mol. The molecule has 23 heavy (non-hydrogen) atoms. The summed E-state index contributed by atoms with van der Waals surface area (Å²) in [4.78, 5) is 17.0. The van der Waals surface area contributed by atoms with E-state index in [4.69, 9.17) is 0 Å². The van der Waals surface area contributed by atoms with Crippen LogP contribution in [0.15, 0.2) is 6.07 Å². The molecule has 0 bridgehead atoms. The number of piperidine rings is 1. The van der Waals surface area contributed by atoms with Crippen LogP contribution in [0, 0.1) is 0 Å². The maximum atomic E-state index is 12.9. The summed E-state index contributed by atoms with van der Waals surface area (Å²) in [7, 11) is -3.22. The van der Waals surface area contributed by atoms with E-state index in [1.807, 2.05) is 4.90 Å². The molecule has 7 heteroatoms. The van der Waals surface area contributed by atoms with Gasteiger partial charge in [-0.05, 0) is 56.6 Å². The average molecular weight is 357 g/mol. The Labute approximate surface area is 142 Å². The monoisotopic (exact) mass is 356 g/mol. The van der Waals surface area contributed by atoms with Gasteiger partial charge in [0.25, 0.3) is 5.91 Å². The molecule has 1 fully saturated rings. The summed E-state index contributed by atoms with van der Waals surface area (Å²) in [5.74, 6) is 0.0735. The molecule has 1 atom stereocenters. The number of carbonyl (C=O) groups excluding carboxylic acids is 1. The fourth-order valence-electron chi connectivity index (χ4n) is 3.47. The Kier molecular flexibility index (Phi) is 5.08. The molecule has 2 aliphatic rings. The van der Waals surface area contributed by atoms with E-state index in [9.17, 15) is 13.2 Å². The Balaban J connectivity index is 1.74. The third-order valence-corrected chi connectivity index (χ3v) is 6.59. The van der Waals surface area contributed by atoms with Crippen LogP contribution < -0.4 is 4.72 Å². The Morgan fingerprint density at radius 3 is 2.83 bits per heavy atom. The molecule has 0 spiro atoms. The summed E-state index contributed by atoms with van der Waals surface area (Å²) >= 11 is 1.63. The van der Waals surface area contributed by atoms with E-state index in [0.29, 0.717) is 6.54 Å². The van der Waals surface area contributed by atoms with Gasteiger partial charge in [0.1, 0.15) is 0 Å². The smallest absolute Gasteiger partial charge is 0.264 e. The van der Waals surface area contributed by atoms with Gasteiger partial charge in [0, 0.05) is 24.0 Å². The number of fused-ring (bicyclic) bond motifs is 1. The van der Waals surface area contributed by atoms with Crippen molar-refractivity contribution < 1.29 is 13.2 Å². The number of sulfonamides is 1. The zero-order valence-electron chi connectivity index (χ0n) is 13.5. The Bertz CT molecular complexity index is 658. The van der Waals surface area contributed by atoms with Gasteiger partial charge >= 0.3 is 0 Å². The number of likely N-dealkylation sites (tertiary alicyclic amines) is 1. The van der Waals surface area contributed by atoms with Gasteiger partial charge in [0.2, 0.25) is 10.0 Å². The van der Waals surface area contributed by atoms with Crippen LogP contribution in [0.2, 0.25) is 0 Å². The van der Waals surface area contributed by atoms with Gasteiger partial charge < -0.3 is 4.90 Å². The van der Waals surface area contributed by atoms with Crippen LogP contribution in [-0.2, 0) is 22.9 Å². The van der Waals surface area contributed by atoms with Gasteiger partial charge in [0.05, 0.1) is 11.1 Å². The van der Waals surface area contributed by atoms with Crippen molar-refractivity contribution in [1.82, 2.24) is 9.62 Å². The molecule has 1 aromatic heterocycles. The van der Waals surface area contributed by atoms with Gasteiger partial charge in [-0.15, -0.1) is 11.3 Å². The molecule has 1 saturated heterocycles. The Hall–Kier alpha value is -0.920. The first-order valence-corrected chi connectivity index (χ1v) is 11.0. The molecule has 1 aliphatic heterocycles. The van der Waals surface area contributed by atoms with Crippen molar-refractivity contribution >= 4 is 27.3 Å². The van der Waals surface area contributed by atoms with Crippen LogP contribution in [-0.4, -0.2) is 44.6 Å².